The van der Waals surface area contributed by atoms with Crippen LogP contribution in [0.25, 0.3) is 0 Å². The Morgan fingerprint density at radius 2 is 1.74 bits per heavy atom. The Balaban J connectivity index is 2.53. The van der Waals surface area contributed by atoms with E-state index < -0.39 is 24.1 Å². The van der Waals surface area contributed by atoms with Crippen LogP contribution in [-0.2, 0) is 16.1 Å². The molecular weight excluding hydrogens is 254 g/mol. The minimum absolute atomic E-state index is 0.0430. The second-order valence-corrected chi connectivity index (χ2v) is 3.81. The van der Waals surface area contributed by atoms with Crippen LogP contribution in [-0.4, -0.2) is 45.7 Å². The van der Waals surface area contributed by atoms with Crippen molar-refractivity contribution >= 4 is 18.2 Å². The molecule has 7 nitrogen and oxygen atoms in total. The molecule has 0 saturated heterocycles. The van der Waals surface area contributed by atoms with Gasteiger partial charge in [-0.25, -0.2) is 4.79 Å². The zero-order chi connectivity index (χ0) is 14.4. The minimum Gasteiger partial charge on any atom is -0.479 e. The van der Waals surface area contributed by atoms with E-state index in [4.69, 9.17) is 10.2 Å². The summed E-state index contributed by atoms with van der Waals surface area (Å²) in [4.78, 5) is 32.1. The number of benzene rings is 1. The van der Waals surface area contributed by atoms with Crippen molar-refractivity contribution in [2.45, 2.75) is 18.8 Å². The number of carboxylic acid groups (broad SMARTS) is 1. The smallest absolute Gasteiger partial charge is 0.335 e. The second-order valence-electron chi connectivity index (χ2n) is 3.81. The molecule has 0 aliphatic heterocycles. The highest BCUT2D eigenvalue weighted by atomic mass is 16.4. The normalized spacial score (nSPS) is 13.4. The van der Waals surface area contributed by atoms with Gasteiger partial charge < -0.3 is 20.6 Å². The summed E-state index contributed by atoms with van der Waals surface area (Å²) in [5, 5.41) is 28.9. The van der Waals surface area contributed by atoms with Crippen molar-refractivity contribution in [3.63, 3.8) is 0 Å². The van der Waals surface area contributed by atoms with Crippen LogP contribution in [0.3, 0.4) is 0 Å². The van der Waals surface area contributed by atoms with Gasteiger partial charge in [0, 0.05) is 12.1 Å². The third kappa shape index (κ3) is 4.16. The van der Waals surface area contributed by atoms with Crippen LogP contribution in [0.4, 0.5) is 0 Å². The van der Waals surface area contributed by atoms with E-state index in [9.17, 15) is 19.5 Å². The number of rotatable bonds is 6. The van der Waals surface area contributed by atoms with Crippen LogP contribution in [0.1, 0.15) is 15.9 Å². The van der Waals surface area contributed by atoms with Crippen molar-refractivity contribution < 1.29 is 29.7 Å². The Kier molecular flexibility index (Phi) is 5.16. The summed E-state index contributed by atoms with van der Waals surface area (Å²) in [6.07, 6.45) is -3.53. The van der Waals surface area contributed by atoms with E-state index in [1.807, 2.05) is 0 Å². The standard InChI is InChI=1S/C12H13NO6/c14-6-8-3-1-7(2-4-8)5-13-11(17)9(15)10(16)12(18)19/h1-4,6,9-10,15-16H,5H2,(H,13,17)(H,18,19). The lowest BCUT2D eigenvalue weighted by Crippen LogP contribution is -2.45. The summed E-state index contributed by atoms with van der Waals surface area (Å²) in [6, 6.07) is 6.31. The molecule has 0 aromatic heterocycles. The highest BCUT2D eigenvalue weighted by Crippen LogP contribution is 2.02. The fraction of sp³-hybridized carbons (Fsp3) is 0.250. The first-order valence-electron chi connectivity index (χ1n) is 5.36. The van der Waals surface area contributed by atoms with Crippen molar-refractivity contribution in [1.82, 2.24) is 5.32 Å². The van der Waals surface area contributed by atoms with Gasteiger partial charge in [0.15, 0.2) is 12.2 Å². The molecule has 102 valence electrons. The van der Waals surface area contributed by atoms with E-state index >= 15 is 0 Å². The lowest BCUT2D eigenvalue weighted by atomic mass is 10.1. The fourth-order valence-electron chi connectivity index (χ4n) is 1.29. The molecule has 2 unspecified atom stereocenters. The molecule has 2 atom stereocenters. The quantitative estimate of drug-likeness (QED) is 0.486. The Hall–Kier alpha value is -2.25. The van der Waals surface area contributed by atoms with E-state index in [1.165, 1.54) is 0 Å². The maximum Gasteiger partial charge on any atom is 0.335 e. The molecule has 1 amide bonds. The van der Waals surface area contributed by atoms with Crippen molar-refractivity contribution in [2.24, 2.45) is 0 Å². The van der Waals surface area contributed by atoms with Gasteiger partial charge in [0.1, 0.15) is 6.29 Å². The largest absolute Gasteiger partial charge is 0.479 e. The SMILES string of the molecule is O=Cc1ccc(CNC(=O)C(O)C(O)C(=O)O)cc1. The summed E-state index contributed by atoms with van der Waals surface area (Å²) < 4.78 is 0. The number of nitrogens with one attached hydrogen (secondary N) is 1. The van der Waals surface area contributed by atoms with Crippen LogP contribution in [0, 0.1) is 0 Å². The van der Waals surface area contributed by atoms with Crippen molar-refractivity contribution in [1.29, 1.82) is 0 Å². The van der Waals surface area contributed by atoms with Crippen LogP contribution in [0.5, 0.6) is 0 Å². The van der Waals surface area contributed by atoms with E-state index in [-0.39, 0.29) is 6.54 Å². The molecule has 0 saturated carbocycles. The number of aldehydes is 1. The van der Waals surface area contributed by atoms with Crippen molar-refractivity contribution in [2.75, 3.05) is 0 Å². The van der Waals surface area contributed by atoms with E-state index in [0.717, 1.165) is 0 Å². The van der Waals surface area contributed by atoms with Gasteiger partial charge in [-0.05, 0) is 5.56 Å². The molecule has 0 spiro atoms. The summed E-state index contributed by atoms with van der Waals surface area (Å²) in [7, 11) is 0. The topological polar surface area (TPSA) is 124 Å². The molecule has 0 aliphatic carbocycles. The number of aliphatic carboxylic acids is 1. The fourth-order valence-corrected chi connectivity index (χ4v) is 1.29. The molecule has 0 aliphatic rings. The summed E-state index contributed by atoms with van der Waals surface area (Å²) in [5.74, 6) is -2.67. The third-order valence-corrected chi connectivity index (χ3v) is 2.40. The van der Waals surface area contributed by atoms with E-state index in [0.29, 0.717) is 17.4 Å². The molecule has 0 fully saturated rings. The Morgan fingerprint density at radius 1 is 1.16 bits per heavy atom. The number of aliphatic hydroxyl groups is 2. The highest BCUT2D eigenvalue weighted by molar-refractivity contribution is 5.87. The molecular formula is C12H13NO6. The first kappa shape index (κ1) is 14.8. The molecule has 19 heavy (non-hydrogen) atoms. The highest BCUT2D eigenvalue weighted by Gasteiger charge is 2.29. The van der Waals surface area contributed by atoms with Gasteiger partial charge in [-0.2, -0.15) is 0 Å². The summed E-state index contributed by atoms with van der Waals surface area (Å²) in [5.41, 5.74) is 1.15. The Bertz CT molecular complexity index is 470. The number of hydrogen-bond donors (Lipinski definition) is 4. The average molecular weight is 267 g/mol. The predicted molar refractivity (Wildman–Crippen MR) is 63.3 cm³/mol. The zero-order valence-corrected chi connectivity index (χ0v) is 9.81. The number of carbonyl (C=O) groups excluding carboxylic acids is 2. The van der Waals surface area contributed by atoms with Crippen molar-refractivity contribution in [3.8, 4) is 0 Å². The van der Waals surface area contributed by atoms with E-state index in [2.05, 4.69) is 5.32 Å². The molecule has 1 aromatic carbocycles. The Labute approximate surface area is 108 Å². The van der Waals surface area contributed by atoms with Crippen molar-refractivity contribution in [3.05, 3.63) is 35.4 Å². The summed E-state index contributed by atoms with van der Waals surface area (Å²) in [6.45, 7) is 0.0430. The average Bonchev–Trinajstić information content (AvgIpc) is 2.43. The molecule has 0 heterocycles. The number of carboxylic acids is 1. The van der Waals surface area contributed by atoms with Gasteiger partial charge in [0.05, 0.1) is 0 Å². The minimum atomic E-state index is -2.17. The van der Waals surface area contributed by atoms with Gasteiger partial charge in [0.25, 0.3) is 5.91 Å². The van der Waals surface area contributed by atoms with Gasteiger partial charge >= 0.3 is 5.97 Å². The number of carbonyl (C=O) groups is 3. The first-order chi connectivity index (χ1) is 8.95. The van der Waals surface area contributed by atoms with Gasteiger partial charge in [-0.3, -0.25) is 9.59 Å². The first-order valence-corrected chi connectivity index (χ1v) is 5.36. The van der Waals surface area contributed by atoms with Gasteiger partial charge in [-0.15, -0.1) is 0 Å². The molecule has 4 N–H and O–H groups in total. The maximum absolute atomic E-state index is 11.3. The number of aliphatic hydroxyl groups excluding tert-OH is 2. The zero-order valence-electron chi connectivity index (χ0n) is 9.81. The van der Waals surface area contributed by atoms with Crippen LogP contribution >= 0.6 is 0 Å². The van der Waals surface area contributed by atoms with E-state index in [1.54, 1.807) is 24.3 Å². The Morgan fingerprint density at radius 3 is 2.21 bits per heavy atom. The molecule has 0 bridgehead atoms. The predicted octanol–water partition coefficient (Wildman–Crippen LogP) is -1.08. The molecule has 1 aromatic rings. The molecule has 1 rings (SSSR count). The lowest BCUT2D eigenvalue weighted by molar-refractivity contribution is -0.158. The number of amides is 1. The molecule has 0 radical (unpaired) electrons. The van der Waals surface area contributed by atoms with Crippen LogP contribution in [0.2, 0.25) is 0 Å². The van der Waals surface area contributed by atoms with Gasteiger partial charge in [-0.1, -0.05) is 24.3 Å². The monoisotopic (exact) mass is 267 g/mol. The molecule has 7 heteroatoms. The second kappa shape index (κ2) is 6.62. The third-order valence-electron chi connectivity index (χ3n) is 2.40. The summed E-state index contributed by atoms with van der Waals surface area (Å²) >= 11 is 0. The van der Waals surface area contributed by atoms with Crippen LogP contribution < -0.4 is 5.32 Å². The van der Waals surface area contributed by atoms with Crippen LogP contribution in [0.15, 0.2) is 24.3 Å². The lowest BCUT2D eigenvalue weighted by Gasteiger charge is -2.13. The number of hydrogen-bond acceptors (Lipinski definition) is 5. The van der Waals surface area contributed by atoms with Gasteiger partial charge in [0.2, 0.25) is 0 Å². The maximum atomic E-state index is 11.3.